The van der Waals surface area contributed by atoms with Gasteiger partial charge in [-0.05, 0) is 55.3 Å². The van der Waals surface area contributed by atoms with Crippen molar-refractivity contribution in [1.29, 1.82) is 0 Å². The van der Waals surface area contributed by atoms with Crippen molar-refractivity contribution >= 4 is 17.9 Å². The van der Waals surface area contributed by atoms with Crippen LogP contribution >= 0.6 is 0 Å². The summed E-state index contributed by atoms with van der Waals surface area (Å²) in [6.45, 7) is 2.27. The number of rotatable bonds is 9. The summed E-state index contributed by atoms with van der Waals surface area (Å²) < 4.78 is 15.9. The standard InChI is InChI=1S/C25H26N2O5/c1-17-6-4-7-19(14-17)24(28)27-21(16-20-8-5-13-32-20)25(29)26-12-11-18-9-10-22(30-2)23(15-18)31-3/h4-10,13-16H,11-12H2,1-3H3,(H,26,29)(H,27,28)/b21-16-. The Balaban J connectivity index is 1.68. The largest absolute Gasteiger partial charge is 0.493 e. The Morgan fingerprint density at radius 1 is 1.00 bits per heavy atom. The van der Waals surface area contributed by atoms with E-state index in [0.29, 0.717) is 35.8 Å². The third-order valence-electron chi connectivity index (χ3n) is 4.75. The van der Waals surface area contributed by atoms with Gasteiger partial charge in [0.2, 0.25) is 0 Å². The Kier molecular flexibility index (Phi) is 7.70. The third-order valence-corrected chi connectivity index (χ3v) is 4.75. The molecule has 0 bridgehead atoms. The molecular formula is C25H26N2O5. The van der Waals surface area contributed by atoms with E-state index in [4.69, 9.17) is 13.9 Å². The van der Waals surface area contributed by atoms with Gasteiger partial charge in [0.15, 0.2) is 11.5 Å². The number of furan rings is 1. The fourth-order valence-electron chi connectivity index (χ4n) is 3.11. The lowest BCUT2D eigenvalue weighted by molar-refractivity contribution is -0.117. The van der Waals surface area contributed by atoms with Crippen LogP contribution in [-0.2, 0) is 11.2 Å². The number of benzene rings is 2. The Morgan fingerprint density at radius 3 is 2.50 bits per heavy atom. The molecular weight excluding hydrogens is 408 g/mol. The highest BCUT2D eigenvalue weighted by Crippen LogP contribution is 2.27. The number of carbonyl (C=O) groups excluding carboxylic acids is 2. The second-order valence-electron chi connectivity index (χ2n) is 7.09. The van der Waals surface area contributed by atoms with Crippen LogP contribution in [0.5, 0.6) is 11.5 Å². The quantitative estimate of drug-likeness (QED) is 0.501. The van der Waals surface area contributed by atoms with Gasteiger partial charge in [-0.3, -0.25) is 9.59 Å². The number of amides is 2. The van der Waals surface area contributed by atoms with E-state index in [9.17, 15) is 9.59 Å². The number of aryl methyl sites for hydroxylation is 1. The third kappa shape index (κ3) is 6.01. The van der Waals surface area contributed by atoms with Crippen molar-refractivity contribution < 1.29 is 23.5 Å². The molecule has 0 aliphatic carbocycles. The normalized spacial score (nSPS) is 11.0. The molecule has 7 nitrogen and oxygen atoms in total. The summed E-state index contributed by atoms with van der Waals surface area (Å²) in [5, 5.41) is 5.54. The number of nitrogens with one attached hydrogen (secondary N) is 2. The molecule has 166 valence electrons. The molecule has 3 rings (SSSR count). The zero-order valence-corrected chi connectivity index (χ0v) is 18.3. The number of ether oxygens (including phenoxy) is 2. The van der Waals surface area contributed by atoms with Crippen LogP contribution in [0.3, 0.4) is 0 Å². The molecule has 0 radical (unpaired) electrons. The van der Waals surface area contributed by atoms with Gasteiger partial charge >= 0.3 is 0 Å². The predicted molar refractivity (Wildman–Crippen MR) is 122 cm³/mol. The van der Waals surface area contributed by atoms with E-state index < -0.39 is 5.91 Å². The summed E-state index contributed by atoms with van der Waals surface area (Å²) >= 11 is 0. The first kappa shape index (κ1) is 22.7. The minimum absolute atomic E-state index is 0.0961. The van der Waals surface area contributed by atoms with E-state index >= 15 is 0 Å². The number of hydrogen-bond acceptors (Lipinski definition) is 5. The molecule has 0 aliphatic heterocycles. The van der Waals surface area contributed by atoms with E-state index in [1.807, 2.05) is 31.2 Å². The van der Waals surface area contributed by atoms with Gasteiger partial charge in [-0.2, -0.15) is 0 Å². The van der Waals surface area contributed by atoms with E-state index in [-0.39, 0.29) is 11.6 Å². The van der Waals surface area contributed by atoms with Gasteiger partial charge in [-0.15, -0.1) is 0 Å². The highest BCUT2D eigenvalue weighted by Gasteiger charge is 2.15. The summed E-state index contributed by atoms with van der Waals surface area (Å²) in [4.78, 5) is 25.5. The lowest BCUT2D eigenvalue weighted by Gasteiger charge is -2.12. The molecule has 0 aliphatic rings. The molecule has 0 spiro atoms. The van der Waals surface area contributed by atoms with E-state index in [1.165, 1.54) is 12.3 Å². The van der Waals surface area contributed by atoms with Crippen molar-refractivity contribution in [2.24, 2.45) is 0 Å². The fourth-order valence-corrected chi connectivity index (χ4v) is 3.11. The molecule has 0 unspecified atom stereocenters. The summed E-state index contributed by atoms with van der Waals surface area (Å²) in [7, 11) is 3.15. The van der Waals surface area contributed by atoms with E-state index in [2.05, 4.69) is 10.6 Å². The van der Waals surface area contributed by atoms with Crippen molar-refractivity contribution in [3.8, 4) is 11.5 Å². The van der Waals surface area contributed by atoms with E-state index in [0.717, 1.165) is 11.1 Å². The molecule has 32 heavy (non-hydrogen) atoms. The molecule has 2 aromatic carbocycles. The molecule has 2 amide bonds. The van der Waals surface area contributed by atoms with Gasteiger partial charge < -0.3 is 24.5 Å². The zero-order valence-electron chi connectivity index (χ0n) is 18.3. The Morgan fingerprint density at radius 2 is 1.81 bits per heavy atom. The van der Waals surface area contributed by atoms with Crippen molar-refractivity contribution in [2.75, 3.05) is 20.8 Å². The summed E-state index contributed by atoms with van der Waals surface area (Å²) in [6, 6.07) is 16.2. The Labute approximate surface area is 187 Å². The van der Waals surface area contributed by atoms with Crippen LogP contribution in [0.4, 0.5) is 0 Å². The molecule has 0 saturated carbocycles. The number of methoxy groups -OCH3 is 2. The topological polar surface area (TPSA) is 89.8 Å². The molecule has 0 fully saturated rings. The van der Waals surface area contributed by atoms with Gasteiger partial charge in [-0.1, -0.05) is 23.8 Å². The van der Waals surface area contributed by atoms with Gasteiger partial charge in [0, 0.05) is 18.2 Å². The van der Waals surface area contributed by atoms with Gasteiger partial charge in [0.1, 0.15) is 11.5 Å². The van der Waals surface area contributed by atoms with Crippen LogP contribution < -0.4 is 20.1 Å². The first-order valence-corrected chi connectivity index (χ1v) is 10.1. The summed E-state index contributed by atoms with van der Waals surface area (Å²) in [5.41, 5.74) is 2.49. The lowest BCUT2D eigenvalue weighted by atomic mass is 10.1. The second-order valence-corrected chi connectivity index (χ2v) is 7.09. The van der Waals surface area contributed by atoms with Crippen molar-refractivity contribution in [3.63, 3.8) is 0 Å². The summed E-state index contributed by atoms with van der Waals surface area (Å²) in [6.07, 6.45) is 3.58. The highest BCUT2D eigenvalue weighted by molar-refractivity contribution is 6.05. The Hall–Kier alpha value is -4.00. The van der Waals surface area contributed by atoms with Gasteiger partial charge in [0.25, 0.3) is 11.8 Å². The van der Waals surface area contributed by atoms with Crippen LogP contribution in [0.25, 0.3) is 6.08 Å². The average Bonchev–Trinajstić information content (AvgIpc) is 3.31. The monoisotopic (exact) mass is 434 g/mol. The molecule has 2 N–H and O–H groups in total. The van der Waals surface area contributed by atoms with Gasteiger partial charge in [-0.25, -0.2) is 0 Å². The number of hydrogen-bond donors (Lipinski definition) is 2. The average molecular weight is 434 g/mol. The van der Waals surface area contributed by atoms with Crippen LogP contribution in [0, 0.1) is 6.92 Å². The van der Waals surface area contributed by atoms with Crippen LogP contribution in [0.1, 0.15) is 27.2 Å². The molecule has 7 heteroatoms. The van der Waals surface area contributed by atoms with E-state index in [1.54, 1.807) is 44.6 Å². The predicted octanol–water partition coefficient (Wildman–Crippen LogP) is 3.74. The van der Waals surface area contributed by atoms with Crippen LogP contribution in [-0.4, -0.2) is 32.6 Å². The maximum absolute atomic E-state index is 12.8. The fraction of sp³-hybridized carbons (Fsp3) is 0.200. The first-order valence-electron chi connectivity index (χ1n) is 10.1. The van der Waals surface area contributed by atoms with Crippen molar-refractivity contribution in [3.05, 3.63) is 89.0 Å². The minimum Gasteiger partial charge on any atom is -0.493 e. The minimum atomic E-state index is -0.414. The molecule has 1 aromatic heterocycles. The van der Waals surface area contributed by atoms with Crippen LogP contribution in [0.2, 0.25) is 0 Å². The molecule has 3 aromatic rings. The Bertz CT molecular complexity index is 1100. The zero-order chi connectivity index (χ0) is 22.9. The molecule has 0 atom stereocenters. The van der Waals surface area contributed by atoms with Gasteiger partial charge in [0.05, 0.1) is 20.5 Å². The second kappa shape index (κ2) is 10.9. The maximum Gasteiger partial charge on any atom is 0.267 e. The molecule has 1 heterocycles. The summed E-state index contributed by atoms with van der Waals surface area (Å²) in [5.74, 6) is 0.937. The highest BCUT2D eigenvalue weighted by atomic mass is 16.5. The smallest absolute Gasteiger partial charge is 0.267 e. The van der Waals surface area contributed by atoms with Crippen molar-refractivity contribution in [1.82, 2.24) is 10.6 Å². The first-order chi connectivity index (χ1) is 15.5. The van der Waals surface area contributed by atoms with Crippen molar-refractivity contribution in [2.45, 2.75) is 13.3 Å². The number of carbonyl (C=O) groups is 2. The lowest BCUT2D eigenvalue weighted by Crippen LogP contribution is -2.35. The van der Waals surface area contributed by atoms with Crippen LogP contribution in [0.15, 0.2) is 71.0 Å². The molecule has 0 saturated heterocycles. The maximum atomic E-state index is 12.8. The SMILES string of the molecule is COc1ccc(CCNC(=O)/C(=C/c2ccco2)NC(=O)c2cccc(C)c2)cc1OC.